The van der Waals surface area contributed by atoms with E-state index in [4.69, 9.17) is 5.41 Å². The zero-order chi connectivity index (χ0) is 23.3. The van der Waals surface area contributed by atoms with E-state index in [1.807, 2.05) is 25.3 Å². The molecule has 2 atom stereocenters. The first kappa shape index (κ1) is 22.0. The highest BCUT2D eigenvalue weighted by atomic mass is 32.1. The predicted molar refractivity (Wildman–Crippen MR) is 120 cm³/mol. The van der Waals surface area contributed by atoms with Crippen LogP contribution in [0.25, 0.3) is 11.1 Å². The smallest absolute Gasteiger partial charge is 0.270 e. The number of carbonyl (C=O) groups excluding carboxylic acids is 1. The van der Waals surface area contributed by atoms with E-state index in [1.54, 1.807) is 24.5 Å². The van der Waals surface area contributed by atoms with Crippen molar-refractivity contribution in [2.45, 2.75) is 38.2 Å². The largest absolute Gasteiger partial charge is 0.345 e. The molecule has 0 radical (unpaired) electrons. The molecule has 2 N–H and O–H groups in total. The molecule has 1 saturated heterocycles. The van der Waals surface area contributed by atoms with Gasteiger partial charge in [-0.3, -0.25) is 15.1 Å². The number of carbonyl (C=O) groups is 1. The molecule has 0 bridgehead atoms. The molecule has 6 nitrogen and oxygen atoms in total. The number of rotatable bonds is 4. The highest BCUT2D eigenvalue weighted by Crippen LogP contribution is 2.44. The van der Waals surface area contributed by atoms with Gasteiger partial charge in [-0.05, 0) is 36.4 Å². The topological polar surface area (TPSA) is 82.0 Å². The maximum absolute atomic E-state index is 13.7. The van der Waals surface area contributed by atoms with Crippen LogP contribution < -0.4 is 5.32 Å². The first-order valence-electron chi connectivity index (χ1n) is 10.0. The lowest BCUT2D eigenvalue weighted by atomic mass is 9.76. The van der Waals surface area contributed by atoms with Crippen LogP contribution >= 0.6 is 11.3 Å². The normalized spacial score (nSPS) is 21.6. The van der Waals surface area contributed by atoms with E-state index >= 15 is 0 Å². The van der Waals surface area contributed by atoms with E-state index in [9.17, 15) is 13.6 Å². The summed E-state index contributed by atoms with van der Waals surface area (Å²) in [5.41, 5.74) is 1.31. The molecule has 32 heavy (non-hydrogen) atoms. The summed E-state index contributed by atoms with van der Waals surface area (Å²) in [4.78, 5) is 23.9. The molecule has 1 fully saturated rings. The van der Waals surface area contributed by atoms with Gasteiger partial charge in [0.25, 0.3) is 5.92 Å². The molecule has 1 unspecified atom stereocenters. The molecule has 4 rings (SSSR count). The molecule has 1 amide bonds. The summed E-state index contributed by atoms with van der Waals surface area (Å²) in [5, 5.41) is 13.4. The number of halogens is 2. The van der Waals surface area contributed by atoms with E-state index < -0.39 is 17.4 Å². The zero-order valence-electron chi connectivity index (χ0n) is 18.1. The second kappa shape index (κ2) is 7.74. The van der Waals surface area contributed by atoms with Crippen molar-refractivity contribution >= 4 is 23.2 Å². The van der Waals surface area contributed by atoms with Crippen molar-refractivity contribution in [1.82, 2.24) is 20.2 Å². The first-order valence-corrected chi connectivity index (χ1v) is 10.9. The lowest BCUT2D eigenvalue weighted by Crippen LogP contribution is -2.62. The number of benzene rings is 1. The maximum Gasteiger partial charge on any atom is 0.270 e. The Labute approximate surface area is 188 Å². The zero-order valence-corrected chi connectivity index (χ0v) is 18.9. The number of alkyl halides is 2. The van der Waals surface area contributed by atoms with Crippen molar-refractivity contribution in [3.05, 3.63) is 69.9 Å². The minimum absolute atomic E-state index is 0.0147. The summed E-state index contributed by atoms with van der Waals surface area (Å²) >= 11 is 1.46. The minimum Gasteiger partial charge on any atom is -0.345 e. The van der Waals surface area contributed by atoms with Crippen LogP contribution in [0.5, 0.6) is 0 Å². The number of likely N-dealkylation sites (N-methyl/N-ethyl adjacent to an activating group) is 1. The number of nitrogens with one attached hydrogen (secondary N) is 2. The van der Waals surface area contributed by atoms with Gasteiger partial charge in [0.15, 0.2) is 5.96 Å². The van der Waals surface area contributed by atoms with Crippen LogP contribution in [-0.2, 0) is 16.3 Å². The molecule has 2 aromatic heterocycles. The van der Waals surface area contributed by atoms with E-state index in [2.05, 4.69) is 15.3 Å². The number of aryl methyl sites for hydroxylation is 1. The molecule has 1 aliphatic heterocycles. The monoisotopic (exact) mass is 455 g/mol. The quantitative estimate of drug-likeness (QED) is 0.601. The van der Waals surface area contributed by atoms with E-state index in [0.29, 0.717) is 11.4 Å². The van der Waals surface area contributed by atoms with Gasteiger partial charge in [-0.2, -0.15) is 0 Å². The van der Waals surface area contributed by atoms with Crippen LogP contribution in [0.2, 0.25) is 0 Å². The average Bonchev–Trinajstić information content (AvgIpc) is 3.23. The van der Waals surface area contributed by atoms with Crippen molar-refractivity contribution in [2.75, 3.05) is 7.05 Å². The van der Waals surface area contributed by atoms with Gasteiger partial charge in [0, 0.05) is 42.4 Å². The highest BCUT2D eigenvalue weighted by Gasteiger charge is 2.49. The Balaban J connectivity index is 1.78. The number of thiophene rings is 1. The summed E-state index contributed by atoms with van der Waals surface area (Å²) in [6, 6.07) is 7.80. The standard InChI is InChI=1S/C23H23F2N5OS/c1-13-27-10-16(11-28-13)15-9-18(32-12-15)22(2)19(20(31)30(4)21(26)29-22)14-5-7-17(8-6-14)23(3,24)25/h5-12,19H,1-4H3,(H2,26,29)/t19?,22-/m1/s1. The molecular weight excluding hydrogens is 432 g/mol. The van der Waals surface area contributed by atoms with Gasteiger partial charge < -0.3 is 5.32 Å². The molecule has 166 valence electrons. The second-order valence-corrected chi connectivity index (χ2v) is 9.15. The van der Waals surface area contributed by atoms with Crippen LogP contribution in [-0.4, -0.2) is 33.8 Å². The lowest BCUT2D eigenvalue weighted by molar-refractivity contribution is -0.131. The maximum atomic E-state index is 13.7. The summed E-state index contributed by atoms with van der Waals surface area (Å²) in [6.45, 7) is 4.52. The van der Waals surface area contributed by atoms with Crippen LogP contribution in [0.15, 0.2) is 48.1 Å². The van der Waals surface area contributed by atoms with Crippen molar-refractivity contribution in [3.8, 4) is 11.1 Å². The molecule has 1 aromatic carbocycles. The fourth-order valence-electron chi connectivity index (χ4n) is 3.90. The summed E-state index contributed by atoms with van der Waals surface area (Å²) in [5.74, 6) is -3.29. The third-order valence-corrected chi connectivity index (χ3v) is 7.01. The fraction of sp³-hybridized carbons (Fsp3) is 0.304. The Morgan fingerprint density at radius 1 is 1.19 bits per heavy atom. The minimum atomic E-state index is -2.96. The highest BCUT2D eigenvalue weighted by molar-refractivity contribution is 7.10. The van der Waals surface area contributed by atoms with Gasteiger partial charge >= 0.3 is 0 Å². The Hall–Kier alpha value is -3.20. The van der Waals surface area contributed by atoms with Gasteiger partial charge in [-0.25, -0.2) is 18.7 Å². The van der Waals surface area contributed by atoms with Crippen LogP contribution in [0, 0.1) is 12.3 Å². The van der Waals surface area contributed by atoms with Crippen LogP contribution in [0.3, 0.4) is 0 Å². The third-order valence-electron chi connectivity index (χ3n) is 5.84. The second-order valence-electron chi connectivity index (χ2n) is 8.24. The summed E-state index contributed by atoms with van der Waals surface area (Å²) in [6.07, 6.45) is 3.49. The number of aromatic nitrogens is 2. The summed E-state index contributed by atoms with van der Waals surface area (Å²) < 4.78 is 27.4. The van der Waals surface area contributed by atoms with Gasteiger partial charge in [-0.15, -0.1) is 11.3 Å². The summed E-state index contributed by atoms with van der Waals surface area (Å²) in [7, 11) is 1.53. The lowest BCUT2D eigenvalue weighted by Gasteiger charge is -2.45. The number of nitrogens with zero attached hydrogens (tertiary/aromatic N) is 3. The van der Waals surface area contributed by atoms with Crippen molar-refractivity contribution in [1.29, 1.82) is 5.41 Å². The fourth-order valence-corrected chi connectivity index (χ4v) is 4.97. The molecule has 3 heterocycles. The predicted octanol–water partition coefficient (Wildman–Crippen LogP) is 4.62. The SMILES string of the molecule is Cc1ncc(-c2csc([C@@]3(C)NC(=N)N(C)C(=O)C3c3ccc(C(C)(F)F)cc3)c2)cn1. The van der Waals surface area contributed by atoms with Crippen LogP contribution in [0.1, 0.15) is 41.6 Å². The van der Waals surface area contributed by atoms with Gasteiger partial charge in [-0.1, -0.05) is 24.3 Å². The van der Waals surface area contributed by atoms with Crippen molar-refractivity contribution < 1.29 is 13.6 Å². The van der Waals surface area contributed by atoms with Gasteiger partial charge in [0.1, 0.15) is 5.82 Å². The van der Waals surface area contributed by atoms with E-state index in [-0.39, 0.29) is 17.4 Å². The first-order chi connectivity index (χ1) is 15.0. The Morgan fingerprint density at radius 3 is 2.41 bits per heavy atom. The Bertz CT molecular complexity index is 1170. The average molecular weight is 456 g/mol. The number of hydrogen-bond acceptors (Lipinski definition) is 5. The van der Waals surface area contributed by atoms with Gasteiger partial charge in [0.2, 0.25) is 5.91 Å². The molecular formula is C23H23F2N5OS. The Kier molecular flexibility index (Phi) is 5.32. The Morgan fingerprint density at radius 2 is 1.81 bits per heavy atom. The number of guanidine groups is 1. The number of amides is 1. The van der Waals surface area contributed by atoms with Crippen molar-refractivity contribution in [2.24, 2.45) is 0 Å². The van der Waals surface area contributed by atoms with Gasteiger partial charge in [0.05, 0.1) is 11.5 Å². The third kappa shape index (κ3) is 3.77. The van der Waals surface area contributed by atoms with E-state index in [0.717, 1.165) is 22.9 Å². The molecule has 0 saturated carbocycles. The molecule has 9 heteroatoms. The van der Waals surface area contributed by atoms with Crippen molar-refractivity contribution in [3.63, 3.8) is 0 Å². The van der Waals surface area contributed by atoms with E-state index in [1.165, 1.54) is 35.4 Å². The molecule has 0 spiro atoms. The van der Waals surface area contributed by atoms with Crippen LogP contribution in [0.4, 0.5) is 8.78 Å². The number of hydrogen-bond donors (Lipinski definition) is 2. The molecule has 1 aliphatic rings. The molecule has 3 aromatic rings. The molecule has 0 aliphatic carbocycles.